The number of nitro groups is 1. The van der Waals surface area contributed by atoms with Crippen LogP contribution in [0, 0.1) is 10.1 Å². The van der Waals surface area contributed by atoms with Gasteiger partial charge in [0.05, 0.1) is 9.95 Å². The zero-order valence-corrected chi connectivity index (χ0v) is 7.21. The van der Waals surface area contributed by atoms with E-state index in [0.29, 0.717) is 15.9 Å². The number of H-pyrrole nitrogens is 1. The van der Waals surface area contributed by atoms with Crippen molar-refractivity contribution in [3.05, 3.63) is 39.5 Å². The van der Waals surface area contributed by atoms with Crippen LogP contribution in [0.2, 0.25) is 5.02 Å². The topological polar surface area (TPSA) is 58.9 Å². The van der Waals surface area contributed by atoms with Crippen LogP contribution in [-0.2, 0) is 0 Å². The molecular formula is C8H5ClN2O2. The number of hydrogen-bond donors (Lipinski definition) is 1. The molecule has 0 unspecified atom stereocenters. The van der Waals surface area contributed by atoms with Crippen molar-refractivity contribution in [3.8, 4) is 0 Å². The summed E-state index contributed by atoms with van der Waals surface area (Å²) < 4.78 is 0. The second-order valence-electron chi connectivity index (χ2n) is 2.59. The maximum atomic E-state index is 10.6. The van der Waals surface area contributed by atoms with Gasteiger partial charge in [-0.25, -0.2) is 0 Å². The molecule has 0 amide bonds. The smallest absolute Gasteiger partial charge is 0.293 e. The predicted octanol–water partition coefficient (Wildman–Crippen LogP) is 2.73. The van der Waals surface area contributed by atoms with E-state index in [-0.39, 0.29) is 5.69 Å². The van der Waals surface area contributed by atoms with Crippen LogP contribution in [0.5, 0.6) is 0 Å². The Morgan fingerprint density at radius 2 is 2.15 bits per heavy atom. The van der Waals surface area contributed by atoms with Gasteiger partial charge in [0.25, 0.3) is 5.69 Å². The number of aromatic amines is 1. The first-order chi connectivity index (χ1) is 6.20. The summed E-state index contributed by atoms with van der Waals surface area (Å²) in [4.78, 5) is 12.9. The average molecular weight is 197 g/mol. The van der Waals surface area contributed by atoms with Gasteiger partial charge in [0.1, 0.15) is 5.52 Å². The van der Waals surface area contributed by atoms with Gasteiger partial charge in [-0.2, -0.15) is 0 Å². The molecule has 0 saturated carbocycles. The fourth-order valence-corrected chi connectivity index (χ4v) is 1.48. The first-order valence-electron chi connectivity index (χ1n) is 3.60. The molecule has 5 heteroatoms. The predicted molar refractivity (Wildman–Crippen MR) is 50.0 cm³/mol. The molecule has 1 aromatic heterocycles. The van der Waals surface area contributed by atoms with E-state index in [4.69, 9.17) is 11.6 Å². The summed E-state index contributed by atoms with van der Waals surface area (Å²) in [5.74, 6) is 0. The Balaban J connectivity index is 2.86. The summed E-state index contributed by atoms with van der Waals surface area (Å²) in [6.07, 6.45) is 1.63. The molecule has 1 N–H and O–H groups in total. The number of rotatable bonds is 1. The standard InChI is InChI=1S/C8H5ClN2O2/c9-6-1-2-7(11(12)13)8-5(6)3-4-10-8/h1-4,10H. The van der Waals surface area contributed by atoms with Gasteiger partial charge < -0.3 is 4.98 Å². The van der Waals surface area contributed by atoms with Crippen molar-refractivity contribution in [3.63, 3.8) is 0 Å². The van der Waals surface area contributed by atoms with Crippen LogP contribution in [0.3, 0.4) is 0 Å². The molecule has 0 spiro atoms. The lowest BCUT2D eigenvalue weighted by molar-refractivity contribution is -0.383. The van der Waals surface area contributed by atoms with Crippen molar-refractivity contribution in [2.24, 2.45) is 0 Å². The van der Waals surface area contributed by atoms with Crippen LogP contribution in [0.15, 0.2) is 24.4 Å². The number of nitrogens with zero attached hydrogens (tertiary/aromatic N) is 1. The van der Waals surface area contributed by atoms with E-state index < -0.39 is 4.92 Å². The molecule has 0 atom stereocenters. The molecule has 1 heterocycles. The highest BCUT2D eigenvalue weighted by Crippen LogP contribution is 2.29. The maximum Gasteiger partial charge on any atom is 0.293 e. The summed E-state index contributed by atoms with van der Waals surface area (Å²) in [7, 11) is 0. The van der Waals surface area contributed by atoms with Gasteiger partial charge in [-0.15, -0.1) is 0 Å². The van der Waals surface area contributed by atoms with Crippen LogP contribution < -0.4 is 0 Å². The van der Waals surface area contributed by atoms with E-state index in [2.05, 4.69) is 4.98 Å². The zero-order valence-electron chi connectivity index (χ0n) is 6.45. The number of benzene rings is 1. The minimum Gasteiger partial charge on any atom is -0.356 e. The van der Waals surface area contributed by atoms with Gasteiger partial charge in [-0.1, -0.05) is 11.6 Å². The van der Waals surface area contributed by atoms with Crippen LogP contribution in [0.4, 0.5) is 5.69 Å². The minimum absolute atomic E-state index is 0.0457. The van der Waals surface area contributed by atoms with E-state index in [1.807, 2.05) is 0 Å². The summed E-state index contributed by atoms with van der Waals surface area (Å²) in [6.45, 7) is 0. The van der Waals surface area contributed by atoms with Crippen molar-refractivity contribution in [1.29, 1.82) is 0 Å². The third kappa shape index (κ3) is 1.15. The van der Waals surface area contributed by atoms with Crippen LogP contribution in [0.1, 0.15) is 0 Å². The van der Waals surface area contributed by atoms with E-state index >= 15 is 0 Å². The van der Waals surface area contributed by atoms with Crippen molar-refractivity contribution >= 4 is 28.2 Å². The second-order valence-corrected chi connectivity index (χ2v) is 3.00. The maximum absolute atomic E-state index is 10.6. The van der Waals surface area contributed by atoms with Crippen molar-refractivity contribution < 1.29 is 4.92 Å². The SMILES string of the molecule is O=[N+]([O-])c1ccc(Cl)c2cc[nH]c12. The third-order valence-electron chi connectivity index (χ3n) is 1.84. The molecule has 0 saturated heterocycles. The fourth-order valence-electron chi connectivity index (χ4n) is 1.26. The second kappa shape index (κ2) is 2.74. The summed E-state index contributed by atoms with van der Waals surface area (Å²) in [5, 5.41) is 11.8. The fraction of sp³-hybridized carbons (Fsp3) is 0. The van der Waals surface area contributed by atoms with Crippen LogP contribution in [0.25, 0.3) is 10.9 Å². The van der Waals surface area contributed by atoms with Gasteiger partial charge >= 0.3 is 0 Å². The number of halogens is 1. The largest absolute Gasteiger partial charge is 0.356 e. The highest BCUT2D eigenvalue weighted by Gasteiger charge is 2.13. The van der Waals surface area contributed by atoms with Gasteiger partial charge in [-0.05, 0) is 12.1 Å². The molecule has 0 fully saturated rings. The zero-order chi connectivity index (χ0) is 9.42. The molecule has 0 bridgehead atoms. The first-order valence-corrected chi connectivity index (χ1v) is 3.98. The number of non-ortho nitro benzene ring substituents is 1. The van der Waals surface area contributed by atoms with Crippen LogP contribution in [-0.4, -0.2) is 9.91 Å². The molecule has 66 valence electrons. The lowest BCUT2D eigenvalue weighted by atomic mass is 10.2. The molecule has 0 radical (unpaired) electrons. The Bertz CT molecular complexity index is 478. The van der Waals surface area contributed by atoms with E-state index in [0.717, 1.165) is 0 Å². The Morgan fingerprint density at radius 3 is 2.85 bits per heavy atom. The average Bonchev–Trinajstić information content (AvgIpc) is 2.53. The molecule has 2 aromatic rings. The van der Waals surface area contributed by atoms with Gasteiger partial charge in [0.2, 0.25) is 0 Å². The molecule has 0 aliphatic carbocycles. The highest BCUT2D eigenvalue weighted by atomic mass is 35.5. The summed E-state index contributed by atoms with van der Waals surface area (Å²) >= 11 is 5.83. The number of nitro benzene ring substituents is 1. The molecule has 13 heavy (non-hydrogen) atoms. The number of nitrogens with one attached hydrogen (secondary N) is 1. The summed E-state index contributed by atoms with van der Waals surface area (Å²) in [5.41, 5.74) is 0.516. The highest BCUT2D eigenvalue weighted by molar-refractivity contribution is 6.35. The Morgan fingerprint density at radius 1 is 1.38 bits per heavy atom. The Hall–Kier alpha value is -1.55. The molecular weight excluding hydrogens is 192 g/mol. The molecule has 4 nitrogen and oxygen atoms in total. The molecule has 1 aromatic carbocycles. The van der Waals surface area contributed by atoms with E-state index in [9.17, 15) is 10.1 Å². The Kier molecular flexibility index (Phi) is 1.70. The number of fused-ring (bicyclic) bond motifs is 1. The van der Waals surface area contributed by atoms with Gasteiger partial charge in [-0.3, -0.25) is 10.1 Å². The number of aromatic nitrogens is 1. The minimum atomic E-state index is -0.435. The van der Waals surface area contributed by atoms with Crippen LogP contribution >= 0.6 is 11.6 Å². The van der Waals surface area contributed by atoms with E-state index in [1.54, 1.807) is 12.3 Å². The lowest BCUT2D eigenvalue weighted by Gasteiger charge is -1.95. The Labute approximate surface area is 78.3 Å². The normalized spacial score (nSPS) is 10.5. The van der Waals surface area contributed by atoms with Gasteiger partial charge in [0.15, 0.2) is 0 Å². The van der Waals surface area contributed by atoms with Crippen molar-refractivity contribution in [2.75, 3.05) is 0 Å². The first kappa shape index (κ1) is 8.07. The monoisotopic (exact) mass is 196 g/mol. The third-order valence-corrected chi connectivity index (χ3v) is 2.17. The van der Waals surface area contributed by atoms with Crippen molar-refractivity contribution in [2.45, 2.75) is 0 Å². The van der Waals surface area contributed by atoms with E-state index in [1.165, 1.54) is 12.1 Å². The number of hydrogen-bond acceptors (Lipinski definition) is 2. The quantitative estimate of drug-likeness (QED) is 0.563. The molecule has 0 aliphatic rings. The molecule has 2 rings (SSSR count). The lowest BCUT2D eigenvalue weighted by Crippen LogP contribution is -1.88. The van der Waals surface area contributed by atoms with Gasteiger partial charge in [0, 0.05) is 17.6 Å². The molecule has 0 aliphatic heterocycles. The summed E-state index contributed by atoms with van der Waals surface area (Å²) in [6, 6.07) is 4.63. The van der Waals surface area contributed by atoms with Crippen molar-refractivity contribution in [1.82, 2.24) is 4.98 Å².